The first-order valence-corrected chi connectivity index (χ1v) is 4.70. The van der Waals surface area contributed by atoms with Crippen LogP contribution < -0.4 is 4.74 Å². The van der Waals surface area contributed by atoms with Crippen LogP contribution in [0.4, 0.5) is 0 Å². The van der Waals surface area contributed by atoms with E-state index in [2.05, 4.69) is 4.74 Å². The molecule has 0 bridgehead atoms. The number of carbonyl (C=O) groups is 1. The van der Waals surface area contributed by atoms with E-state index in [4.69, 9.17) is 4.74 Å². The van der Waals surface area contributed by atoms with Crippen molar-refractivity contribution < 1.29 is 24.5 Å². The molecule has 0 spiro atoms. The highest BCUT2D eigenvalue weighted by Gasteiger charge is 2.16. The zero-order valence-corrected chi connectivity index (χ0v) is 9.14. The maximum absolute atomic E-state index is 11.0. The Hall–Kier alpha value is -1.75. The maximum atomic E-state index is 11.0. The van der Waals surface area contributed by atoms with Crippen molar-refractivity contribution in [1.29, 1.82) is 0 Å². The van der Waals surface area contributed by atoms with Gasteiger partial charge >= 0.3 is 5.97 Å². The van der Waals surface area contributed by atoms with Gasteiger partial charge in [0.1, 0.15) is 0 Å². The molecule has 0 amide bonds. The summed E-state index contributed by atoms with van der Waals surface area (Å²) in [5.41, 5.74) is 0.621. The number of aliphatic hydroxyl groups excluding tert-OH is 1. The molecule has 1 aromatic carbocycles. The average molecular weight is 226 g/mol. The normalized spacial score (nSPS) is 11.9. The molecule has 5 heteroatoms. The molecule has 0 aliphatic heterocycles. The summed E-state index contributed by atoms with van der Waals surface area (Å²) < 4.78 is 9.25. The Morgan fingerprint density at radius 1 is 1.44 bits per heavy atom. The lowest BCUT2D eigenvalue weighted by atomic mass is 10.1. The van der Waals surface area contributed by atoms with Crippen LogP contribution in [-0.2, 0) is 16.0 Å². The van der Waals surface area contributed by atoms with Crippen LogP contribution in [0.5, 0.6) is 11.5 Å². The monoisotopic (exact) mass is 226 g/mol. The highest BCUT2D eigenvalue weighted by molar-refractivity contribution is 5.74. The van der Waals surface area contributed by atoms with Gasteiger partial charge in [-0.3, -0.25) is 0 Å². The molecule has 0 saturated heterocycles. The molecule has 2 N–H and O–H groups in total. The van der Waals surface area contributed by atoms with E-state index in [9.17, 15) is 15.0 Å². The lowest BCUT2D eigenvalue weighted by Crippen LogP contribution is -2.24. The van der Waals surface area contributed by atoms with Crippen LogP contribution in [0.3, 0.4) is 0 Å². The van der Waals surface area contributed by atoms with Gasteiger partial charge in [0.05, 0.1) is 14.2 Å². The second-order valence-corrected chi connectivity index (χ2v) is 3.25. The van der Waals surface area contributed by atoms with Crippen LogP contribution in [-0.4, -0.2) is 36.5 Å². The summed E-state index contributed by atoms with van der Waals surface area (Å²) in [6.07, 6.45) is -1.14. The van der Waals surface area contributed by atoms with Crippen LogP contribution in [0.1, 0.15) is 5.56 Å². The third-order valence-corrected chi connectivity index (χ3v) is 2.15. The van der Waals surface area contributed by atoms with Gasteiger partial charge in [-0.15, -0.1) is 0 Å². The van der Waals surface area contributed by atoms with Crippen molar-refractivity contribution in [2.24, 2.45) is 0 Å². The number of aromatic hydroxyl groups is 1. The molecule has 1 rings (SSSR count). The summed E-state index contributed by atoms with van der Waals surface area (Å²) in [7, 11) is 2.65. The van der Waals surface area contributed by atoms with Crippen molar-refractivity contribution in [2.45, 2.75) is 12.5 Å². The van der Waals surface area contributed by atoms with Gasteiger partial charge in [0.2, 0.25) is 0 Å². The third kappa shape index (κ3) is 2.87. The molecule has 5 nitrogen and oxygen atoms in total. The van der Waals surface area contributed by atoms with Crippen molar-refractivity contribution in [3.63, 3.8) is 0 Å². The Balaban J connectivity index is 2.75. The van der Waals surface area contributed by atoms with Gasteiger partial charge in [0.15, 0.2) is 17.6 Å². The number of rotatable bonds is 4. The fourth-order valence-corrected chi connectivity index (χ4v) is 1.31. The zero-order valence-electron chi connectivity index (χ0n) is 9.14. The van der Waals surface area contributed by atoms with Crippen molar-refractivity contribution in [1.82, 2.24) is 0 Å². The van der Waals surface area contributed by atoms with E-state index in [1.54, 1.807) is 12.1 Å². The molecule has 1 atom stereocenters. The first-order chi connectivity index (χ1) is 7.58. The number of ether oxygens (including phenoxy) is 2. The highest BCUT2D eigenvalue weighted by atomic mass is 16.5. The minimum Gasteiger partial charge on any atom is -0.504 e. The Morgan fingerprint density at radius 2 is 2.12 bits per heavy atom. The molecule has 0 saturated carbocycles. The van der Waals surface area contributed by atoms with Gasteiger partial charge in [-0.2, -0.15) is 0 Å². The Labute approximate surface area is 93.2 Å². The van der Waals surface area contributed by atoms with E-state index in [0.29, 0.717) is 11.3 Å². The second-order valence-electron chi connectivity index (χ2n) is 3.25. The van der Waals surface area contributed by atoms with Crippen molar-refractivity contribution in [3.8, 4) is 11.5 Å². The number of phenolic OH excluding ortho intramolecular Hbond substituents is 1. The van der Waals surface area contributed by atoms with Crippen molar-refractivity contribution >= 4 is 5.97 Å². The predicted octanol–water partition coefficient (Wildman–Crippen LogP) is 0.477. The summed E-state index contributed by atoms with van der Waals surface area (Å²) >= 11 is 0. The summed E-state index contributed by atoms with van der Waals surface area (Å²) in [5, 5.41) is 18.9. The molecule has 0 aliphatic carbocycles. The Bertz CT molecular complexity index is 375. The molecule has 0 aliphatic rings. The summed E-state index contributed by atoms with van der Waals surface area (Å²) in [4.78, 5) is 11.0. The van der Waals surface area contributed by atoms with Gasteiger partial charge in [0.25, 0.3) is 0 Å². The second kappa shape index (κ2) is 5.37. The van der Waals surface area contributed by atoms with Gasteiger partial charge in [-0.25, -0.2) is 4.79 Å². The third-order valence-electron chi connectivity index (χ3n) is 2.15. The minimum absolute atomic E-state index is 0.0305. The van der Waals surface area contributed by atoms with E-state index >= 15 is 0 Å². The van der Waals surface area contributed by atoms with Crippen molar-refractivity contribution in [2.75, 3.05) is 14.2 Å². The lowest BCUT2D eigenvalue weighted by molar-refractivity contribution is -0.150. The summed E-state index contributed by atoms with van der Waals surface area (Å²) in [5.74, 6) is -0.385. The number of esters is 1. The standard InChI is InChI=1S/C11H14O5/c1-15-10-4-3-7(5-8(10)12)6-9(13)11(14)16-2/h3-5,9,12-13H,6H2,1-2H3. The molecule has 16 heavy (non-hydrogen) atoms. The fraction of sp³-hybridized carbons (Fsp3) is 0.364. The van der Waals surface area contributed by atoms with Crippen LogP contribution >= 0.6 is 0 Å². The van der Waals surface area contributed by atoms with E-state index < -0.39 is 12.1 Å². The molecule has 0 radical (unpaired) electrons. The molecular formula is C11H14O5. The number of carbonyl (C=O) groups excluding carboxylic acids is 1. The van der Waals surface area contributed by atoms with Gasteiger partial charge < -0.3 is 19.7 Å². The van der Waals surface area contributed by atoms with Gasteiger partial charge in [-0.1, -0.05) is 6.07 Å². The quantitative estimate of drug-likeness (QED) is 0.730. The van der Waals surface area contributed by atoms with Gasteiger partial charge in [-0.05, 0) is 17.7 Å². The maximum Gasteiger partial charge on any atom is 0.335 e. The largest absolute Gasteiger partial charge is 0.504 e. The number of methoxy groups -OCH3 is 2. The van der Waals surface area contributed by atoms with E-state index in [-0.39, 0.29) is 12.2 Å². The first kappa shape index (κ1) is 12.3. The number of aliphatic hydroxyl groups is 1. The molecule has 1 unspecified atom stereocenters. The van der Waals surface area contributed by atoms with E-state index in [0.717, 1.165) is 0 Å². The van der Waals surface area contributed by atoms with Crippen LogP contribution in [0.25, 0.3) is 0 Å². The first-order valence-electron chi connectivity index (χ1n) is 4.70. The highest BCUT2D eigenvalue weighted by Crippen LogP contribution is 2.26. The number of hydrogen-bond acceptors (Lipinski definition) is 5. The van der Waals surface area contributed by atoms with Crippen LogP contribution in [0, 0.1) is 0 Å². The summed E-state index contributed by atoms with van der Waals surface area (Å²) in [6, 6.07) is 4.66. The SMILES string of the molecule is COC(=O)C(O)Cc1ccc(OC)c(O)c1. The molecular weight excluding hydrogens is 212 g/mol. The van der Waals surface area contributed by atoms with E-state index in [1.807, 2.05) is 0 Å². The number of benzene rings is 1. The smallest absolute Gasteiger partial charge is 0.335 e. The summed E-state index contributed by atoms with van der Waals surface area (Å²) in [6.45, 7) is 0. The minimum atomic E-state index is -1.22. The number of phenols is 1. The topological polar surface area (TPSA) is 76.0 Å². The molecule has 0 aromatic heterocycles. The Morgan fingerprint density at radius 3 is 2.62 bits per heavy atom. The predicted molar refractivity (Wildman–Crippen MR) is 56.4 cm³/mol. The average Bonchev–Trinajstić information content (AvgIpc) is 2.28. The lowest BCUT2D eigenvalue weighted by Gasteiger charge is -2.09. The van der Waals surface area contributed by atoms with Crippen molar-refractivity contribution in [3.05, 3.63) is 23.8 Å². The molecule has 1 aromatic rings. The zero-order chi connectivity index (χ0) is 12.1. The van der Waals surface area contributed by atoms with Gasteiger partial charge in [0, 0.05) is 6.42 Å². The Kier molecular flexibility index (Phi) is 4.13. The van der Waals surface area contributed by atoms with Crippen LogP contribution in [0.2, 0.25) is 0 Å². The number of hydrogen-bond donors (Lipinski definition) is 2. The van der Waals surface area contributed by atoms with Crippen LogP contribution in [0.15, 0.2) is 18.2 Å². The molecule has 0 heterocycles. The molecule has 88 valence electrons. The van der Waals surface area contributed by atoms with E-state index in [1.165, 1.54) is 20.3 Å². The fourth-order valence-electron chi connectivity index (χ4n) is 1.31. The molecule has 0 fully saturated rings.